The first-order valence-corrected chi connectivity index (χ1v) is 8.55. The van der Waals surface area contributed by atoms with Gasteiger partial charge in [0.1, 0.15) is 11.9 Å². The predicted octanol–water partition coefficient (Wildman–Crippen LogP) is 2.66. The van der Waals surface area contributed by atoms with Crippen molar-refractivity contribution in [3.05, 3.63) is 48.2 Å². The third kappa shape index (κ3) is 3.88. The zero-order valence-corrected chi connectivity index (χ0v) is 15.5. The largest absolute Gasteiger partial charge is 0.487 e. The molecule has 142 valence electrons. The van der Waals surface area contributed by atoms with Crippen molar-refractivity contribution in [2.45, 2.75) is 12.5 Å². The van der Waals surface area contributed by atoms with Gasteiger partial charge in [0, 0.05) is 11.9 Å². The Hall–Kier alpha value is -3.06. The Morgan fingerprint density at radius 3 is 2.56 bits per heavy atom. The fourth-order valence-corrected chi connectivity index (χ4v) is 3.24. The van der Waals surface area contributed by atoms with Gasteiger partial charge < -0.3 is 23.9 Å². The number of aliphatic carboxylic acids is 1. The third-order valence-electron chi connectivity index (χ3n) is 4.27. The molecule has 1 atom stereocenters. The molecule has 2 aromatic heterocycles. The molecule has 3 rings (SSSR count). The second-order valence-corrected chi connectivity index (χ2v) is 6.60. The molecule has 0 spiro atoms. The monoisotopic (exact) mass is 370 g/mol. The maximum atomic E-state index is 12.3. The molecule has 0 aliphatic carbocycles. The second-order valence-electron chi connectivity index (χ2n) is 6.60. The van der Waals surface area contributed by atoms with Gasteiger partial charge in [0.25, 0.3) is 0 Å². The fraction of sp³-hybridized carbons (Fsp3) is 0.300. The van der Waals surface area contributed by atoms with E-state index in [1.807, 2.05) is 47.7 Å². The van der Waals surface area contributed by atoms with Crippen LogP contribution in [0.3, 0.4) is 0 Å². The molecule has 1 N–H and O–H groups in total. The predicted molar refractivity (Wildman–Crippen MR) is 101 cm³/mol. The molecule has 3 aromatic rings. The van der Waals surface area contributed by atoms with Crippen LogP contribution in [0.15, 0.2) is 42.6 Å². The van der Waals surface area contributed by atoms with E-state index < -0.39 is 18.0 Å². The van der Waals surface area contributed by atoms with Gasteiger partial charge in [0.2, 0.25) is 0 Å². The molecule has 0 amide bonds. The number of hydrogen-bond acceptors (Lipinski definition) is 5. The van der Waals surface area contributed by atoms with Gasteiger partial charge in [-0.25, -0.2) is 4.79 Å². The third-order valence-corrected chi connectivity index (χ3v) is 4.27. The molecule has 0 saturated heterocycles. The molecule has 0 aliphatic heterocycles. The van der Waals surface area contributed by atoms with Crippen molar-refractivity contribution in [1.29, 1.82) is 0 Å². The second kappa shape index (κ2) is 7.67. The van der Waals surface area contributed by atoms with Gasteiger partial charge in [-0.1, -0.05) is 18.2 Å². The lowest BCUT2D eigenvalue weighted by atomic mass is 10.1. The number of fused-ring (bicyclic) bond motifs is 3. The van der Waals surface area contributed by atoms with E-state index >= 15 is 0 Å². The van der Waals surface area contributed by atoms with E-state index in [-0.39, 0.29) is 6.42 Å². The van der Waals surface area contributed by atoms with Crippen LogP contribution in [-0.4, -0.2) is 60.2 Å². The summed E-state index contributed by atoms with van der Waals surface area (Å²) < 4.78 is 12.7. The van der Waals surface area contributed by atoms with Crippen molar-refractivity contribution < 1.29 is 24.2 Å². The van der Waals surface area contributed by atoms with Crippen LogP contribution in [0.1, 0.15) is 16.8 Å². The van der Waals surface area contributed by atoms with E-state index in [1.54, 1.807) is 18.3 Å². The average molecular weight is 370 g/mol. The number of hydrogen-bond donors (Lipinski definition) is 1. The molecular weight excluding hydrogens is 348 g/mol. The van der Waals surface area contributed by atoms with Crippen molar-refractivity contribution in [1.82, 2.24) is 9.30 Å². The summed E-state index contributed by atoms with van der Waals surface area (Å²) in [6.07, 6.45) is 1.18. The Morgan fingerprint density at radius 1 is 1.15 bits per heavy atom. The molecule has 1 unspecified atom stereocenters. The molecule has 0 bridgehead atoms. The summed E-state index contributed by atoms with van der Waals surface area (Å²) >= 11 is 0. The molecule has 7 nitrogen and oxygen atoms in total. The Bertz CT molecular complexity index is 993. The number of carbonyl (C=O) groups is 2. The van der Waals surface area contributed by atoms with Crippen molar-refractivity contribution in [3.8, 4) is 5.75 Å². The first-order valence-electron chi connectivity index (χ1n) is 8.55. The van der Waals surface area contributed by atoms with Crippen molar-refractivity contribution in [3.63, 3.8) is 0 Å². The molecule has 1 aromatic carbocycles. The van der Waals surface area contributed by atoms with E-state index in [2.05, 4.69) is 0 Å². The smallest absolute Gasteiger partial charge is 0.340 e. The quantitative estimate of drug-likeness (QED) is 0.644. The normalized spacial score (nSPS) is 12.4. The van der Waals surface area contributed by atoms with Gasteiger partial charge in [-0.05, 0) is 32.3 Å². The van der Waals surface area contributed by atoms with E-state index in [0.717, 1.165) is 10.9 Å². The molecule has 0 radical (unpaired) electrons. The number of carboxylic acids is 1. The summed E-state index contributed by atoms with van der Waals surface area (Å²) in [5.41, 5.74) is 2.05. The lowest BCUT2D eigenvalue weighted by Crippen LogP contribution is -2.32. The van der Waals surface area contributed by atoms with Crippen LogP contribution in [0.25, 0.3) is 16.4 Å². The number of benzene rings is 1. The number of aromatic nitrogens is 1. The van der Waals surface area contributed by atoms with Crippen molar-refractivity contribution in [2.75, 3.05) is 27.7 Å². The molecular formula is C20H22N2O5. The zero-order chi connectivity index (χ0) is 19.6. The average Bonchev–Trinajstić information content (AvgIpc) is 2.94. The van der Waals surface area contributed by atoms with E-state index in [0.29, 0.717) is 23.4 Å². The number of para-hydroxylation sites is 1. The Labute approximate surface area is 156 Å². The SMILES string of the molecule is COC(=O)c1c2ccccc2n2cc(OC(CC(=O)O)CN(C)C)ccc12. The summed E-state index contributed by atoms with van der Waals surface area (Å²) in [4.78, 5) is 25.3. The lowest BCUT2D eigenvalue weighted by Gasteiger charge is -2.21. The van der Waals surface area contributed by atoms with E-state index in [9.17, 15) is 9.59 Å². The molecule has 0 saturated carbocycles. The van der Waals surface area contributed by atoms with Gasteiger partial charge in [0.15, 0.2) is 0 Å². The number of ether oxygens (including phenoxy) is 2. The Balaban J connectivity index is 2.05. The summed E-state index contributed by atoms with van der Waals surface area (Å²) in [6.45, 7) is 0.476. The van der Waals surface area contributed by atoms with Crippen LogP contribution in [0.2, 0.25) is 0 Å². The summed E-state index contributed by atoms with van der Waals surface area (Å²) in [5.74, 6) is -0.784. The number of carbonyl (C=O) groups excluding carboxylic acids is 1. The van der Waals surface area contributed by atoms with Crippen LogP contribution in [0.4, 0.5) is 0 Å². The number of nitrogens with zero attached hydrogens (tertiary/aromatic N) is 2. The topological polar surface area (TPSA) is 80.5 Å². The van der Waals surface area contributed by atoms with E-state index in [1.165, 1.54) is 7.11 Å². The fourth-order valence-electron chi connectivity index (χ4n) is 3.24. The number of carboxylic acid groups (broad SMARTS) is 1. The maximum Gasteiger partial charge on any atom is 0.340 e. The zero-order valence-electron chi connectivity index (χ0n) is 15.5. The maximum absolute atomic E-state index is 12.3. The Kier molecular flexibility index (Phi) is 5.32. The molecule has 0 fully saturated rings. The van der Waals surface area contributed by atoms with Gasteiger partial charge in [-0.3, -0.25) is 4.79 Å². The van der Waals surface area contributed by atoms with Crippen LogP contribution in [0, 0.1) is 0 Å². The summed E-state index contributed by atoms with van der Waals surface area (Å²) in [5, 5.41) is 9.91. The van der Waals surface area contributed by atoms with Crippen LogP contribution < -0.4 is 4.74 Å². The van der Waals surface area contributed by atoms with E-state index in [4.69, 9.17) is 14.6 Å². The summed E-state index contributed by atoms with van der Waals surface area (Å²) in [7, 11) is 5.09. The molecule has 27 heavy (non-hydrogen) atoms. The van der Waals surface area contributed by atoms with Crippen LogP contribution in [-0.2, 0) is 9.53 Å². The van der Waals surface area contributed by atoms with Gasteiger partial charge in [0.05, 0.1) is 36.3 Å². The van der Waals surface area contributed by atoms with Crippen LogP contribution in [0.5, 0.6) is 5.75 Å². The van der Waals surface area contributed by atoms with Gasteiger partial charge in [-0.2, -0.15) is 0 Å². The first kappa shape index (κ1) is 18.7. The van der Waals surface area contributed by atoms with Crippen molar-refractivity contribution in [2.24, 2.45) is 0 Å². The minimum atomic E-state index is -0.915. The molecule has 0 aliphatic rings. The highest BCUT2D eigenvalue weighted by molar-refractivity contribution is 6.11. The highest BCUT2D eigenvalue weighted by Gasteiger charge is 2.20. The summed E-state index contributed by atoms with van der Waals surface area (Å²) in [6, 6.07) is 11.1. The van der Waals surface area contributed by atoms with Gasteiger partial charge in [-0.15, -0.1) is 0 Å². The number of likely N-dealkylation sites (N-methyl/N-ethyl adjacent to an activating group) is 1. The number of rotatable bonds is 7. The number of methoxy groups -OCH3 is 1. The standard InChI is InChI=1S/C20H22N2O5/c1-21(2)11-14(10-18(23)24)27-13-8-9-17-19(20(25)26-3)15-6-4-5-7-16(15)22(17)12-13/h4-9,12,14H,10-11H2,1-3H3,(H,23,24). The minimum absolute atomic E-state index is 0.101. The van der Waals surface area contributed by atoms with Crippen LogP contribution >= 0.6 is 0 Å². The molecule has 2 heterocycles. The first-order chi connectivity index (χ1) is 12.9. The highest BCUT2D eigenvalue weighted by Crippen LogP contribution is 2.29. The molecule has 7 heteroatoms. The Morgan fingerprint density at radius 2 is 1.89 bits per heavy atom. The van der Waals surface area contributed by atoms with Gasteiger partial charge >= 0.3 is 11.9 Å². The van der Waals surface area contributed by atoms with Crippen molar-refractivity contribution >= 4 is 28.4 Å². The highest BCUT2D eigenvalue weighted by atomic mass is 16.5. The lowest BCUT2D eigenvalue weighted by molar-refractivity contribution is -0.139. The number of pyridine rings is 1. The number of esters is 1. The minimum Gasteiger partial charge on any atom is -0.487 e.